The van der Waals surface area contributed by atoms with Gasteiger partial charge in [-0.1, -0.05) is 18.2 Å². The van der Waals surface area contributed by atoms with Crippen LogP contribution in [0.15, 0.2) is 42.6 Å². The molecule has 1 aromatic heterocycles. The number of hydrogen-bond donors (Lipinski definition) is 1. The van der Waals surface area contributed by atoms with Crippen molar-refractivity contribution in [3.63, 3.8) is 0 Å². The molecule has 0 fully saturated rings. The fraction of sp³-hybridized carbons (Fsp3) is 0.188. The topological polar surface area (TPSA) is 48.1 Å². The highest BCUT2D eigenvalue weighted by molar-refractivity contribution is 7.11. The number of fused-ring (bicyclic) bond motifs is 1. The summed E-state index contributed by atoms with van der Waals surface area (Å²) in [6, 6.07) is 12.1. The molecule has 0 saturated heterocycles. The van der Waals surface area contributed by atoms with Gasteiger partial charge in [0.05, 0.1) is 13.2 Å². The number of nitrogens with two attached hydrogens (primary N) is 1. The van der Waals surface area contributed by atoms with E-state index in [4.69, 9.17) is 10.5 Å². The van der Waals surface area contributed by atoms with Crippen molar-refractivity contribution in [2.45, 2.75) is 13.0 Å². The number of aromatic nitrogens is 1. The number of thiazole rings is 1. The van der Waals surface area contributed by atoms with E-state index in [2.05, 4.69) is 29.2 Å². The zero-order valence-electron chi connectivity index (χ0n) is 11.5. The Bertz CT molecular complexity index is 751. The number of nitrogens with zero attached hydrogens (tertiary/aromatic N) is 1. The minimum Gasteiger partial charge on any atom is -0.497 e. The van der Waals surface area contributed by atoms with Crippen LogP contribution in [0.4, 0.5) is 0 Å². The third-order valence-corrected chi connectivity index (χ3v) is 4.33. The van der Waals surface area contributed by atoms with E-state index in [1.54, 1.807) is 18.4 Å². The molecule has 1 atom stereocenters. The molecule has 1 heterocycles. The first-order chi connectivity index (χ1) is 9.67. The third kappa shape index (κ3) is 2.40. The minimum atomic E-state index is -0.166. The van der Waals surface area contributed by atoms with Crippen LogP contribution in [0.3, 0.4) is 0 Å². The second-order valence-corrected chi connectivity index (χ2v) is 6.03. The predicted octanol–water partition coefficient (Wildman–Crippen LogP) is 3.66. The van der Waals surface area contributed by atoms with Gasteiger partial charge in [-0.2, -0.15) is 0 Å². The normalized spacial score (nSPS) is 12.6. The summed E-state index contributed by atoms with van der Waals surface area (Å²) in [6.07, 6.45) is 1.87. The number of hydrogen-bond acceptors (Lipinski definition) is 4. The molecule has 20 heavy (non-hydrogen) atoms. The van der Waals surface area contributed by atoms with Gasteiger partial charge in [-0.05, 0) is 41.5 Å². The Morgan fingerprint density at radius 1 is 1.15 bits per heavy atom. The van der Waals surface area contributed by atoms with Gasteiger partial charge in [0.25, 0.3) is 0 Å². The Morgan fingerprint density at radius 3 is 2.60 bits per heavy atom. The van der Waals surface area contributed by atoms with Crippen LogP contribution in [-0.2, 0) is 0 Å². The second kappa shape index (κ2) is 5.23. The minimum absolute atomic E-state index is 0.166. The summed E-state index contributed by atoms with van der Waals surface area (Å²) >= 11 is 1.65. The maximum atomic E-state index is 6.30. The van der Waals surface area contributed by atoms with E-state index in [0.717, 1.165) is 27.1 Å². The van der Waals surface area contributed by atoms with Gasteiger partial charge in [-0.3, -0.25) is 0 Å². The summed E-state index contributed by atoms with van der Waals surface area (Å²) in [5.41, 5.74) is 7.38. The van der Waals surface area contributed by atoms with E-state index in [9.17, 15) is 0 Å². The molecule has 0 aliphatic carbocycles. The molecule has 3 aromatic rings. The predicted molar refractivity (Wildman–Crippen MR) is 83.4 cm³/mol. The van der Waals surface area contributed by atoms with Crippen molar-refractivity contribution in [1.82, 2.24) is 4.98 Å². The van der Waals surface area contributed by atoms with Crippen LogP contribution in [0, 0.1) is 6.92 Å². The van der Waals surface area contributed by atoms with Gasteiger partial charge >= 0.3 is 0 Å². The molecule has 0 radical (unpaired) electrons. The van der Waals surface area contributed by atoms with Crippen LogP contribution < -0.4 is 10.5 Å². The van der Waals surface area contributed by atoms with E-state index < -0.39 is 0 Å². The van der Waals surface area contributed by atoms with Gasteiger partial charge in [0, 0.05) is 11.1 Å². The molecule has 1 unspecified atom stereocenters. The molecule has 0 bridgehead atoms. The molecular weight excluding hydrogens is 268 g/mol. The molecule has 3 nitrogen and oxygen atoms in total. The summed E-state index contributed by atoms with van der Waals surface area (Å²) in [5.74, 6) is 0.866. The van der Waals surface area contributed by atoms with Crippen LogP contribution in [0.5, 0.6) is 5.75 Å². The van der Waals surface area contributed by atoms with Gasteiger partial charge in [0.15, 0.2) is 0 Å². The van der Waals surface area contributed by atoms with Crippen molar-refractivity contribution in [2.24, 2.45) is 5.73 Å². The molecule has 2 N–H and O–H groups in total. The fourth-order valence-electron chi connectivity index (χ4n) is 2.22. The van der Waals surface area contributed by atoms with E-state index in [-0.39, 0.29) is 6.04 Å². The Hall–Kier alpha value is -1.91. The maximum absolute atomic E-state index is 6.30. The van der Waals surface area contributed by atoms with Crippen molar-refractivity contribution in [3.8, 4) is 5.75 Å². The molecule has 0 saturated carbocycles. The highest BCUT2D eigenvalue weighted by Gasteiger charge is 2.13. The maximum Gasteiger partial charge on any atom is 0.119 e. The lowest BCUT2D eigenvalue weighted by Crippen LogP contribution is -2.11. The third-order valence-electron chi connectivity index (χ3n) is 3.34. The van der Waals surface area contributed by atoms with Crippen LogP contribution >= 0.6 is 11.3 Å². The van der Waals surface area contributed by atoms with Crippen molar-refractivity contribution in [3.05, 3.63) is 58.0 Å². The molecule has 2 aromatic carbocycles. The monoisotopic (exact) mass is 284 g/mol. The Labute approximate surface area is 122 Å². The highest BCUT2D eigenvalue weighted by atomic mass is 32.1. The molecule has 102 valence electrons. The van der Waals surface area contributed by atoms with Gasteiger partial charge in [0.2, 0.25) is 0 Å². The van der Waals surface area contributed by atoms with E-state index in [1.165, 1.54) is 4.88 Å². The zero-order chi connectivity index (χ0) is 14.1. The fourth-order valence-corrected chi connectivity index (χ4v) is 3.03. The smallest absolute Gasteiger partial charge is 0.119 e. The van der Waals surface area contributed by atoms with Crippen LogP contribution in [0.25, 0.3) is 10.8 Å². The first kappa shape index (κ1) is 13.1. The number of methoxy groups -OCH3 is 1. The van der Waals surface area contributed by atoms with Crippen molar-refractivity contribution >= 4 is 22.1 Å². The Morgan fingerprint density at radius 2 is 1.90 bits per heavy atom. The van der Waals surface area contributed by atoms with Crippen LogP contribution in [0.2, 0.25) is 0 Å². The second-order valence-electron chi connectivity index (χ2n) is 4.76. The lowest BCUT2D eigenvalue weighted by Gasteiger charge is -2.10. The average Bonchev–Trinajstić information content (AvgIpc) is 2.92. The molecule has 0 amide bonds. The number of ether oxygens (including phenoxy) is 1. The average molecular weight is 284 g/mol. The molecule has 0 aliphatic rings. The SMILES string of the molecule is COc1ccc2cc(C(N)c3ncc(C)s3)ccc2c1. The summed E-state index contributed by atoms with van der Waals surface area (Å²) in [7, 11) is 1.68. The summed E-state index contributed by atoms with van der Waals surface area (Å²) < 4.78 is 5.24. The number of rotatable bonds is 3. The van der Waals surface area contributed by atoms with Crippen LogP contribution in [0.1, 0.15) is 21.5 Å². The lowest BCUT2D eigenvalue weighted by atomic mass is 10.0. The number of benzene rings is 2. The molecular formula is C16H16N2OS. The van der Waals surface area contributed by atoms with Crippen molar-refractivity contribution in [1.29, 1.82) is 0 Å². The number of aryl methyl sites for hydroxylation is 1. The Balaban J connectivity index is 2.00. The quantitative estimate of drug-likeness (QED) is 0.798. The molecule has 4 heteroatoms. The first-order valence-electron chi connectivity index (χ1n) is 6.43. The van der Waals surface area contributed by atoms with E-state index in [0.29, 0.717) is 0 Å². The Kier molecular flexibility index (Phi) is 3.42. The standard InChI is InChI=1S/C16H16N2OS/c1-10-9-18-16(20-10)15(17)13-4-3-12-8-14(19-2)6-5-11(12)7-13/h3-9,15H,17H2,1-2H3. The summed E-state index contributed by atoms with van der Waals surface area (Å²) in [5, 5.41) is 3.26. The van der Waals surface area contributed by atoms with Gasteiger partial charge in [-0.25, -0.2) is 4.98 Å². The highest BCUT2D eigenvalue weighted by Crippen LogP contribution is 2.28. The van der Waals surface area contributed by atoms with Gasteiger partial charge in [-0.15, -0.1) is 11.3 Å². The molecule has 0 aliphatic heterocycles. The van der Waals surface area contributed by atoms with Gasteiger partial charge in [0.1, 0.15) is 10.8 Å². The van der Waals surface area contributed by atoms with Crippen molar-refractivity contribution in [2.75, 3.05) is 7.11 Å². The van der Waals surface area contributed by atoms with Gasteiger partial charge < -0.3 is 10.5 Å². The molecule has 0 spiro atoms. The zero-order valence-corrected chi connectivity index (χ0v) is 12.3. The largest absolute Gasteiger partial charge is 0.497 e. The first-order valence-corrected chi connectivity index (χ1v) is 7.24. The lowest BCUT2D eigenvalue weighted by molar-refractivity contribution is 0.415. The molecule has 3 rings (SSSR count). The van der Waals surface area contributed by atoms with Crippen LogP contribution in [-0.4, -0.2) is 12.1 Å². The van der Waals surface area contributed by atoms with E-state index in [1.807, 2.05) is 25.3 Å². The summed E-state index contributed by atoms with van der Waals surface area (Å²) in [6.45, 7) is 2.04. The van der Waals surface area contributed by atoms with Crippen molar-refractivity contribution < 1.29 is 4.74 Å². The van der Waals surface area contributed by atoms with E-state index >= 15 is 0 Å². The summed E-state index contributed by atoms with van der Waals surface area (Å²) in [4.78, 5) is 5.55.